The first-order valence-electron chi connectivity index (χ1n) is 8.36. The standard InChI is InChI=1S/C19H20N2O6/c1-3-14-8-10-15(11-9-14)20-19(23)13(2)27-18(22)12-26-17-7-5-4-6-16(17)21(24)25/h4-11,13H,3,12H2,1-2H3,(H,20,23)/t13-/m0/s1. The molecule has 0 fully saturated rings. The second kappa shape index (κ2) is 9.33. The van der Waals surface area contributed by atoms with Crippen molar-refractivity contribution in [2.45, 2.75) is 26.4 Å². The fourth-order valence-corrected chi connectivity index (χ4v) is 2.22. The first-order valence-corrected chi connectivity index (χ1v) is 8.36. The molecule has 0 radical (unpaired) electrons. The average molecular weight is 372 g/mol. The second-order valence-electron chi connectivity index (χ2n) is 5.69. The lowest BCUT2D eigenvalue weighted by Crippen LogP contribution is -2.31. The molecule has 0 unspecified atom stereocenters. The predicted octanol–water partition coefficient (Wildman–Crippen LogP) is 3.11. The van der Waals surface area contributed by atoms with Crippen LogP contribution in [0.4, 0.5) is 11.4 Å². The minimum atomic E-state index is -1.04. The van der Waals surface area contributed by atoms with Crippen molar-refractivity contribution in [3.8, 4) is 5.75 Å². The summed E-state index contributed by atoms with van der Waals surface area (Å²) in [6, 6.07) is 13.0. The minimum absolute atomic E-state index is 0.0485. The smallest absolute Gasteiger partial charge is 0.344 e. The summed E-state index contributed by atoms with van der Waals surface area (Å²) >= 11 is 0. The molecule has 1 amide bonds. The van der Waals surface area contributed by atoms with Gasteiger partial charge in [-0.1, -0.05) is 31.2 Å². The highest BCUT2D eigenvalue weighted by Crippen LogP contribution is 2.25. The Morgan fingerprint density at radius 1 is 1.15 bits per heavy atom. The van der Waals surface area contributed by atoms with Crippen LogP contribution in [0.3, 0.4) is 0 Å². The van der Waals surface area contributed by atoms with E-state index in [2.05, 4.69) is 5.32 Å². The number of aryl methyl sites for hydroxylation is 1. The number of anilines is 1. The van der Waals surface area contributed by atoms with E-state index >= 15 is 0 Å². The van der Waals surface area contributed by atoms with Crippen molar-refractivity contribution in [1.82, 2.24) is 0 Å². The molecule has 2 aromatic rings. The van der Waals surface area contributed by atoms with E-state index < -0.39 is 29.5 Å². The fourth-order valence-electron chi connectivity index (χ4n) is 2.22. The molecular formula is C19H20N2O6. The summed E-state index contributed by atoms with van der Waals surface area (Å²) < 4.78 is 10.1. The third kappa shape index (κ3) is 5.81. The van der Waals surface area contributed by atoms with Gasteiger partial charge in [-0.25, -0.2) is 4.79 Å². The molecule has 0 bridgehead atoms. The molecule has 0 aliphatic rings. The van der Waals surface area contributed by atoms with Crippen LogP contribution in [0.2, 0.25) is 0 Å². The van der Waals surface area contributed by atoms with Gasteiger partial charge in [-0.15, -0.1) is 0 Å². The molecule has 142 valence electrons. The van der Waals surface area contributed by atoms with Gasteiger partial charge in [0, 0.05) is 11.8 Å². The van der Waals surface area contributed by atoms with Gasteiger partial charge in [-0.05, 0) is 37.1 Å². The number of amides is 1. The Kier molecular flexibility index (Phi) is 6.87. The fraction of sp³-hybridized carbons (Fsp3) is 0.263. The maximum Gasteiger partial charge on any atom is 0.344 e. The zero-order valence-corrected chi connectivity index (χ0v) is 15.0. The molecule has 0 spiro atoms. The van der Waals surface area contributed by atoms with E-state index in [0.29, 0.717) is 5.69 Å². The highest BCUT2D eigenvalue weighted by atomic mass is 16.6. The van der Waals surface area contributed by atoms with Crippen molar-refractivity contribution in [1.29, 1.82) is 0 Å². The highest BCUT2D eigenvalue weighted by molar-refractivity contribution is 5.95. The molecule has 27 heavy (non-hydrogen) atoms. The van der Waals surface area contributed by atoms with Crippen molar-refractivity contribution in [2.75, 3.05) is 11.9 Å². The molecule has 1 atom stereocenters. The number of nitro benzene ring substituents is 1. The van der Waals surface area contributed by atoms with E-state index in [4.69, 9.17) is 9.47 Å². The van der Waals surface area contributed by atoms with Crippen LogP contribution in [-0.4, -0.2) is 29.5 Å². The van der Waals surface area contributed by atoms with Crippen LogP contribution >= 0.6 is 0 Å². The molecule has 0 saturated carbocycles. The quantitative estimate of drug-likeness (QED) is 0.433. The summed E-state index contributed by atoms with van der Waals surface area (Å²) in [6.45, 7) is 2.91. The predicted molar refractivity (Wildman–Crippen MR) is 98.6 cm³/mol. The molecule has 8 heteroatoms. The van der Waals surface area contributed by atoms with Gasteiger partial charge in [0.05, 0.1) is 4.92 Å². The maximum absolute atomic E-state index is 12.1. The van der Waals surface area contributed by atoms with Gasteiger partial charge in [0.2, 0.25) is 0 Å². The van der Waals surface area contributed by atoms with Gasteiger partial charge in [0.1, 0.15) is 0 Å². The number of esters is 1. The SMILES string of the molecule is CCc1ccc(NC(=O)[C@H](C)OC(=O)COc2ccccc2[N+](=O)[O-])cc1. The van der Waals surface area contributed by atoms with Crippen LogP contribution in [0, 0.1) is 10.1 Å². The van der Waals surface area contributed by atoms with E-state index in [-0.39, 0.29) is 11.4 Å². The largest absolute Gasteiger partial charge is 0.475 e. The number of nitro groups is 1. The van der Waals surface area contributed by atoms with Crippen LogP contribution in [0.5, 0.6) is 5.75 Å². The summed E-state index contributed by atoms with van der Waals surface area (Å²) in [5.74, 6) is -1.34. The van der Waals surface area contributed by atoms with Crippen LogP contribution in [-0.2, 0) is 20.7 Å². The lowest BCUT2D eigenvalue weighted by Gasteiger charge is -2.14. The minimum Gasteiger partial charge on any atom is -0.475 e. The summed E-state index contributed by atoms with van der Waals surface area (Å²) in [4.78, 5) is 34.2. The maximum atomic E-state index is 12.1. The Balaban J connectivity index is 1.85. The Morgan fingerprint density at radius 2 is 1.81 bits per heavy atom. The average Bonchev–Trinajstić information content (AvgIpc) is 2.67. The normalized spacial score (nSPS) is 11.3. The molecule has 0 aliphatic heterocycles. The number of nitrogens with one attached hydrogen (secondary N) is 1. The van der Waals surface area contributed by atoms with Crippen LogP contribution in [0.1, 0.15) is 19.4 Å². The molecular weight excluding hydrogens is 352 g/mol. The summed E-state index contributed by atoms with van der Waals surface area (Å²) in [5.41, 5.74) is 1.47. The molecule has 0 saturated heterocycles. The number of rotatable bonds is 8. The number of carbonyl (C=O) groups excluding carboxylic acids is 2. The van der Waals surface area contributed by atoms with Gasteiger partial charge in [0.15, 0.2) is 18.5 Å². The number of carbonyl (C=O) groups is 2. The number of benzene rings is 2. The van der Waals surface area contributed by atoms with E-state index in [1.54, 1.807) is 18.2 Å². The zero-order valence-electron chi connectivity index (χ0n) is 15.0. The third-order valence-electron chi connectivity index (χ3n) is 3.71. The van der Waals surface area contributed by atoms with Gasteiger partial charge in [-0.2, -0.15) is 0 Å². The molecule has 0 aromatic heterocycles. The summed E-state index contributed by atoms with van der Waals surface area (Å²) in [7, 11) is 0. The first-order chi connectivity index (χ1) is 12.9. The first kappa shape index (κ1) is 19.9. The lowest BCUT2D eigenvalue weighted by atomic mass is 10.1. The van der Waals surface area contributed by atoms with Crippen LogP contribution in [0.15, 0.2) is 48.5 Å². The van der Waals surface area contributed by atoms with E-state index in [9.17, 15) is 19.7 Å². The molecule has 2 aromatic carbocycles. The molecule has 0 aliphatic carbocycles. The van der Waals surface area contributed by atoms with E-state index in [1.807, 2.05) is 19.1 Å². The van der Waals surface area contributed by atoms with Crippen molar-refractivity contribution < 1.29 is 24.0 Å². The van der Waals surface area contributed by atoms with Gasteiger partial charge in [0.25, 0.3) is 5.91 Å². The Bertz CT molecular complexity index is 819. The number of para-hydroxylation sites is 2. The van der Waals surface area contributed by atoms with Crippen molar-refractivity contribution in [2.24, 2.45) is 0 Å². The summed E-state index contributed by atoms with van der Waals surface area (Å²) in [5, 5.41) is 13.6. The Labute approximate surface area is 156 Å². The molecule has 1 N–H and O–H groups in total. The Morgan fingerprint density at radius 3 is 2.44 bits per heavy atom. The van der Waals surface area contributed by atoms with Gasteiger partial charge in [-0.3, -0.25) is 14.9 Å². The Hall–Kier alpha value is -3.42. The van der Waals surface area contributed by atoms with Crippen LogP contribution in [0.25, 0.3) is 0 Å². The molecule has 8 nitrogen and oxygen atoms in total. The van der Waals surface area contributed by atoms with Gasteiger partial charge >= 0.3 is 11.7 Å². The van der Waals surface area contributed by atoms with Gasteiger partial charge < -0.3 is 14.8 Å². The molecule has 2 rings (SSSR count). The highest BCUT2D eigenvalue weighted by Gasteiger charge is 2.20. The monoisotopic (exact) mass is 372 g/mol. The number of ether oxygens (including phenoxy) is 2. The second-order valence-corrected chi connectivity index (χ2v) is 5.69. The lowest BCUT2D eigenvalue weighted by molar-refractivity contribution is -0.385. The van der Waals surface area contributed by atoms with Crippen molar-refractivity contribution in [3.05, 3.63) is 64.2 Å². The third-order valence-corrected chi connectivity index (χ3v) is 3.71. The number of hydrogen-bond acceptors (Lipinski definition) is 6. The molecule has 0 heterocycles. The zero-order chi connectivity index (χ0) is 19.8. The summed E-state index contributed by atoms with van der Waals surface area (Å²) in [6.07, 6.45) is -0.153. The number of nitrogens with zero attached hydrogens (tertiary/aromatic N) is 1. The van der Waals surface area contributed by atoms with Crippen molar-refractivity contribution >= 4 is 23.3 Å². The van der Waals surface area contributed by atoms with Crippen LogP contribution < -0.4 is 10.1 Å². The van der Waals surface area contributed by atoms with Crippen molar-refractivity contribution in [3.63, 3.8) is 0 Å². The van der Waals surface area contributed by atoms with E-state index in [0.717, 1.165) is 12.0 Å². The topological polar surface area (TPSA) is 108 Å². The van der Waals surface area contributed by atoms with E-state index in [1.165, 1.54) is 25.1 Å². The number of hydrogen-bond donors (Lipinski definition) is 1.